The molecule has 5 rings (SSSR count). The predicted octanol–water partition coefficient (Wildman–Crippen LogP) is 4.96. The van der Waals surface area contributed by atoms with Crippen molar-refractivity contribution in [1.29, 1.82) is 0 Å². The van der Waals surface area contributed by atoms with Gasteiger partial charge in [-0.1, -0.05) is 66.3 Å². The van der Waals surface area contributed by atoms with E-state index < -0.39 is 0 Å². The van der Waals surface area contributed by atoms with Crippen molar-refractivity contribution in [2.45, 2.75) is 19.4 Å². The van der Waals surface area contributed by atoms with Gasteiger partial charge in [-0.15, -0.1) is 0 Å². The van der Waals surface area contributed by atoms with Crippen LogP contribution in [0.1, 0.15) is 12.0 Å². The lowest BCUT2D eigenvalue weighted by Crippen LogP contribution is -2.10. The molecule has 5 nitrogen and oxygen atoms in total. The summed E-state index contributed by atoms with van der Waals surface area (Å²) in [5, 5.41) is 5.40. The molecule has 142 valence electrons. The summed E-state index contributed by atoms with van der Waals surface area (Å²) in [7, 11) is 0. The number of hydrogen-bond acceptors (Lipinski definition) is 5. The van der Waals surface area contributed by atoms with E-state index in [1.165, 1.54) is 5.56 Å². The number of allylic oxidation sites excluding steroid dienone is 2. The first kappa shape index (κ1) is 17.5. The number of nitrogens with zero attached hydrogens (tertiary/aromatic N) is 4. The molecule has 0 unspecified atom stereocenters. The van der Waals surface area contributed by atoms with Crippen LogP contribution in [0.2, 0.25) is 0 Å². The highest BCUT2D eigenvalue weighted by Gasteiger charge is 2.25. The van der Waals surface area contributed by atoms with E-state index in [0.717, 1.165) is 34.3 Å². The molecule has 0 amide bonds. The summed E-state index contributed by atoms with van der Waals surface area (Å²) >= 11 is 0. The van der Waals surface area contributed by atoms with Crippen molar-refractivity contribution in [3.8, 4) is 11.3 Å². The standard InChI is InChI=1S/C24H21N5/c1-16-11-12-22-20(13-16)23(17-7-3-2-4-8-17)28-24(27-22)29-25-15-19-14-18-9-5-6-10-21(18)26-19/h2-13,15,18,21H,14H2,1H3,(H,27,28,29)/b25-15-/t18-,21+/m0/s1. The van der Waals surface area contributed by atoms with Crippen molar-refractivity contribution in [1.82, 2.24) is 9.97 Å². The van der Waals surface area contributed by atoms with Gasteiger partial charge in [0.25, 0.3) is 0 Å². The number of anilines is 1. The molecule has 0 bridgehead atoms. The number of hydrazone groups is 1. The average Bonchev–Trinajstić information content (AvgIpc) is 3.17. The lowest BCUT2D eigenvalue weighted by atomic mass is 9.94. The monoisotopic (exact) mass is 379 g/mol. The highest BCUT2D eigenvalue weighted by Crippen LogP contribution is 2.28. The minimum absolute atomic E-state index is 0.242. The van der Waals surface area contributed by atoms with Gasteiger partial charge in [0.2, 0.25) is 5.95 Å². The molecular formula is C24H21N5. The molecule has 3 aromatic rings. The summed E-state index contributed by atoms with van der Waals surface area (Å²) in [6.45, 7) is 2.08. The second kappa shape index (κ2) is 7.43. The summed E-state index contributed by atoms with van der Waals surface area (Å²) in [6.07, 6.45) is 11.2. The zero-order valence-corrected chi connectivity index (χ0v) is 16.2. The summed E-state index contributed by atoms with van der Waals surface area (Å²) in [5.74, 6) is 0.929. The number of rotatable bonds is 4. The third-order valence-electron chi connectivity index (χ3n) is 5.25. The molecule has 5 heteroatoms. The van der Waals surface area contributed by atoms with Crippen molar-refractivity contribution in [2.75, 3.05) is 5.43 Å². The highest BCUT2D eigenvalue weighted by molar-refractivity contribution is 6.31. The maximum absolute atomic E-state index is 4.75. The Kier molecular flexibility index (Phi) is 4.48. The SMILES string of the molecule is Cc1ccc2nc(N/N=C\C3=N[C@@H]4C=CC=C[C@H]4C3)nc(-c3ccccc3)c2c1. The molecule has 0 saturated heterocycles. The number of nitrogens with one attached hydrogen (secondary N) is 1. The number of fused-ring (bicyclic) bond motifs is 2. The molecule has 2 aromatic carbocycles. The Morgan fingerprint density at radius 3 is 2.76 bits per heavy atom. The summed E-state index contributed by atoms with van der Waals surface area (Å²) in [5.41, 5.74) is 8.02. The van der Waals surface area contributed by atoms with E-state index in [-0.39, 0.29) is 6.04 Å². The zero-order valence-electron chi connectivity index (χ0n) is 16.2. The summed E-state index contributed by atoms with van der Waals surface area (Å²) in [6, 6.07) is 16.6. The van der Waals surface area contributed by atoms with Gasteiger partial charge in [-0.2, -0.15) is 5.10 Å². The number of aryl methyl sites for hydroxylation is 1. The first-order chi connectivity index (χ1) is 14.3. The van der Waals surface area contributed by atoms with Gasteiger partial charge in [-0.3, -0.25) is 4.99 Å². The molecule has 0 radical (unpaired) electrons. The van der Waals surface area contributed by atoms with Crippen LogP contribution >= 0.6 is 0 Å². The molecule has 1 aromatic heterocycles. The third kappa shape index (κ3) is 3.59. The average molecular weight is 379 g/mol. The van der Waals surface area contributed by atoms with E-state index in [2.05, 4.69) is 71.0 Å². The first-order valence-electron chi connectivity index (χ1n) is 9.81. The summed E-state index contributed by atoms with van der Waals surface area (Å²) in [4.78, 5) is 14.1. The van der Waals surface area contributed by atoms with Gasteiger partial charge in [0, 0.05) is 16.9 Å². The van der Waals surface area contributed by atoms with E-state index >= 15 is 0 Å². The van der Waals surface area contributed by atoms with Crippen LogP contribution in [-0.4, -0.2) is 27.9 Å². The molecule has 0 fully saturated rings. The van der Waals surface area contributed by atoms with Crippen LogP contribution in [0.4, 0.5) is 5.95 Å². The molecule has 2 heterocycles. The van der Waals surface area contributed by atoms with Crippen molar-refractivity contribution < 1.29 is 0 Å². The quantitative estimate of drug-likeness (QED) is 0.515. The molecule has 29 heavy (non-hydrogen) atoms. The van der Waals surface area contributed by atoms with E-state index in [4.69, 9.17) is 9.98 Å². The number of aromatic nitrogens is 2. The molecule has 0 spiro atoms. The number of hydrogen-bond donors (Lipinski definition) is 1. The smallest absolute Gasteiger partial charge is 0.244 e. The van der Waals surface area contributed by atoms with Crippen molar-refractivity contribution in [2.24, 2.45) is 16.0 Å². The fourth-order valence-corrected chi connectivity index (χ4v) is 3.81. The van der Waals surface area contributed by atoms with Crippen molar-refractivity contribution in [3.05, 3.63) is 78.4 Å². The molecule has 2 atom stereocenters. The van der Waals surface area contributed by atoms with Crippen LogP contribution in [0.25, 0.3) is 22.2 Å². The van der Waals surface area contributed by atoms with Crippen molar-refractivity contribution in [3.63, 3.8) is 0 Å². The molecule has 1 aliphatic carbocycles. The highest BCUT2D eigenvalue weighted by atomic mass is 15.3. The molecule has 0 saturated carbocycles. The van der Waals surface area contributed by atoms with Crippen LogP contribution in [0.3, 0.4) is 0 Å². The van der Waals surface area contributed by atoms with Crippen LogP contribution in [-0.2, 0) is 0 Å². The van der Waals surface area contributed by atoms with Crippen LogP contribution < -0.4 is 5.43 Å². The fourth-order valence-electron chi connectivity index (χ4n) is 3.81. The number of aliphatic imine (C=N–C) groups is 1. The Bertz CT molecular complexity index is 1170. The maximum Gasteiger partial charge on any atom is 0.244 e. The van der Waals surface area contributed by atoms with Gasteiger partial charge in [-0.05, 0) is 25.5 Å². The second-order valence-corrected chi connectivity index (χ2v) is 7.40. The Labute approximate surface area is 169 Å². The van der Waals surface area contributed by atoms with E-state index in [0.29, 0.717) is 11.9 Å². The Balaban J connectivity index is 1.44. The van der Waals surface area contributed by atoms with Gasteiger partial charge >= 0.3 is 0 Å². The van der Waals surface area contributed by atoms with Crippen LogP contribution in [0.15, 0.2) is 82.9 Å². The third-order valence-corrected chi connectivity index (χ3v) is 5.25. The normalized spacial score (nSPS) is 20.2. The second-order valence-electron chi connectivity index (χ2n) is 7.40. The minimum atomic E-state index is 0.242. The molecule has 1 N–H and O–H groups in total. The fraction of sp³-hybridized carbons (Fsp3) is 0.167. The van der Waals surface area contributed by atoms with Crippen LogP contribution in [0.5, 0.6) is 0 Å². The van der Waals surface area contributed by atoms with Gasteiger partial charge in [0.05, 0.1) is 29.2 Å². The lowest BCUT2D eigenvalue weighted by molar-refractivity contribution is 0.637. The van der Waals surface area contributed by atoms with E-state index in [1.807, 2.05) is 24.3 Å². The van der Waals surface area contributed by atoms with Gasteiger partial charge in [0.1, 0.15) is 0 Å². The van der Waals surface area contributed by atoms with Gasteiger partial charge in [-0.25, -0.2) is 15.4 Å². The van der Waals surface area contributed by atoms with Crippen molar-refractivity contribution >= 4 is 28.8 Å². The Hall–Kier alpha value is -3.60. The largest absolute Gasteiger partial charge is 0.280 e. The van der Waals surface area contributed by atoms with E-state index in [1.54, 1.807) is 6.21 Å². The maximum atomic E-state index is 4.75. The number of benzene rings is 2. The van der Waals surface area contributed by atoms with Crippen LogP contribution in [0, 0.1) is 12.8 Å². The van der Waals surface area contributed by atoms with Gasteiger partial charge in [0.15, 0.2) is 0 Å². The first-order valence-corrected chi connectivity index (χ1v) is 9.81. The Morgan fingerprint density at radius 2 is 1.90 bits per heavy atom. The minimum Gasteiger partial charge on any atom is -0.280 e. The predicted molar refractivity (Wildman–Crippen MR) is 119 cm³/mol. The molecule has 2 aliphatic rings. The van der Waals surface area contributed by atoms with Gasteiger partial charge < -0.3 is 0 Å². The molecule has 1 aliphatic heterocycles. The lowest BCUT2D eigenvalue weighted by Gasteiger charge is -2.11. The van der Waals surface area contributed by atoms with E-state index in [9.17, 15) is 0 Å². The zero-order chi connectivity index (χ0) is 19.6. The topological polar surface area (TPSA) is 62.5 Å². The summed E-state index contributed by atoms with van der Waals surface area (Å²) < 4.78 is 0. The Morgan fingerprint density at radius 1 is 1.03 bits per heavy atom. The molecular weight excluding hydrogens is 358 g/mol.